The average molecular weight is 231 g/mol. The first-order valence-corrected chi connectivity index (χ1v) is 5.10. The maximum absolute atomic E-state index is 10.5. The van der Waals surface area contributed by atoms with Crippen LogP contribution in [0.5, 0.6) is 0 Å². The van der Waals surface area contributed by atoms with Gasteiger partial charge < -0.3 is 15.1 Å². The first kappa shape index (κ1) is 9.71. The average Bonchev–Trinajstić information content (AvgIpc) is 2.95. The van der Waals surface area contributed by atoms with Gasteiger partial charge in [0.05, 0.1) is 17.4 Å². The third-order valence-electron chi connectivity index (χ3n) is 2.60. The van der Waals surface area contributed by atoms with Crippen LogP contribution in [0.15, 0.2) is 40.8 Å². The summed E-state index contributed by atoms with van der Waals surface area (Å²) in [6.45, 7) is 0. The summed E-state index contributed by atoms with van der Waals surface area (Å²) in [5.74, 6) is 0.243. The summed E-state index contributed by atoms with van der Waals surface area (Å²) in [5, 5.41) is 16.9. The van der Waals surface area contributed by atoms with Gasteiger partial charge in [-0.25, -0.2) is 0 Å². The van der Waals surface area contributed by atoms with Gasteiger partial charge in [-0.15, -0.1) is 0 Å². The zero-order valence-electron chi connectivity index (χ0n) is 8.71. The molecule has 2 N–H and O–H groups in total. The van der Waals surface area contributed by atoms with Crippen molar-refractivity contribution >= 4 is 17.3 Å². The second-order valence-corrected chi connectivity index (χ2v) is 3.70. The number of fused-ring (bicyclic) bond motifs is 1. The van der Waals surface area contributed by atoms with Crippen LogP contribution >= 0.6 is 0 Å². The molecule has 0 fully saturated rings. The topological polar surface area (TPSA) is 80.3 Å². The van der Waals surface area contributed by atoms with E-state index in [9.17, 15) is 10.1 Å². The Morgan fingerprint density at radius 2 is 1.76 bits per heavy atom. The number of hydrogen-bond donors (Lipinski definition) is 2. The largest absolute Gasteiger partial charge is 0.433 e. The van der Waals surface area contributed by atoms with Crippen molar-refractivity contribution < 1.29 is 9.34 Å². The fourth-order valence-corrected chi connectivity index (χ4v) is 1.82. The van der Waals surface area contributed by atoms with Crippen LogP contribution in [0, 0.1) is 10.1 Å². The second kappa shape index (κ2) is 3.51. The van der Waals surface area contributed by atoms with E-state index in [0.29, 0.717) is 5.76 Å². The molecule has 0 radical (unpaired) electrons. The Labute approximate surface area is 96.4 Å². The van der Waals surface area contributed by atoms with E-state index in [-0.39, 0.29) is 12.0 Å². The lowest BCUT2D eigenvalue weighted by Gasteiger charge is -2.07. The van der Waals surface area contributed by atoms with Crippen molar-refractivity contribution in [1.82, 2.24) is 0 Å². The van der Waals surface area contributed by atoms with Gasteiger partial charge in [-0.3, -0.25) is 10.1 Å². The van der Waals surface area contributed by atoms with Gasteiger partial charge in [-0.1, -0.05) is 12.1 Å². The van der Waals surface area contributed by atoms with Crippen molar-refractivity contribution in [3.8, 4) is 0 Å². The molecule has 2 aromatic rings. The fraction of sp³-hybridized carbons (Fsp3) is 0.0909. The zero-order chi connectivity index (χ0) is 11.8. The van der Waals surface area contributed by atoms with Gasteiger partial charge in [-0.05, 0) is 18.2 Å². The highest BCUT2D eigenvalue weighted by atomic mass is 16.6. The quantitative estimate of drug-likeness (QED) is 0.613. The molecule has 2 heterocycles. The first-order valence-electron chi connectivity index (χ1n) is 5.10. The highest BCUT2D eigenvalue weighted by Crippen LogP contribution is 2.35. The van der Waals surface area contributed by atoms with E-state index in [1.54, 1.807) is 6.07 Å². The molecule has 6 nitrogen and oxygen atoms in total. The number of nitrogens with zero attached hydrogens (tertiary/aromatic N) is 1. The number of benzene rings is 1. The molecule has 1 aliphatic rings. The summed E-state index contributed by atoms with van der Waals surface area (Å²) in [4.78, 5) is 9.97. The van der Waals surface area contributed by atoms with E-state index in [1.165, 1.54) is 6.07 Å². The van der Waals surface area contributed by atoms with Crippen LogP contribution in [-0.4, -0.2) is 4.92 Å². The molecule has 0 bridgehead atoms. The van der Waals surface area contributed by atoms with Crippen LogP contribution in [0.25, 0.3) is 0 Å². The molecular weight excluding hydrogens is 222 g/mol. The standard InChI is InChI=1S/C11H9N3O3/c15-14(16)10-6-5-9(17-10)11-12-7-3-1-2-4-8(7)13-11/h1-6,11-13H. The van der Waals surface area contributed by atoms with Gasteiger partial charge in [0.15, 0.2) is 11.9 Å². The fourth-order valence-electron chi connectivity index (χ4n) is 1.82. The summed E-state index contributed by atoms with van der Waals surface area (Å²) < 4.78 is 5.14. The third kappa shape index (κ3) is 1.59. The van der Waals surface area contributed by atoms with Crippen molar-refractivity contribution in [3.63, 3.8) is 0 Å². The molecule has 3 rings (SSSR count). The van der Waals surface area contributed by atoms with E-state index in [4.69, 9.17) is 4.42 Å². The first-order chi connectivity index (χ1) is 8.24. The van der Waals surface area contributed by atoms with E-state index in [0.717, 1.165) is 11.4 Å². The van der Waals surface area contributed by atoms with Gasteiger partial charge in [-0.2, -0.15) is 0 Å². The van der Waals surface area contributed by atoms with E-state index < -0.39 is 4.92 Å². The molecule has 0 saturated heterocycles. The zero-order valence-corrected chi connectivity index (χ0v) is 8.71. The number of para-hydroxylation sites is 2. The monoisotopic (exact) mass is 231 g/mol. The molecule has 17 heavy (non-hydrogen) atoms. The number of nitrogens with one attached hydrogen (secondary N) is 2. The minimum absolute atomic E-state index is 0.250. The normalized spacial score (nSPS) is 13.9. The highest BCUT2D eigenvalue weighted by molar-refractivity contribution is 5.74. The molecule has 0 amide bonds. The van der Waals surface area contributed by atoms with Crippen LogP contribution in [0.4, 0.5) is 17.3 Å². The molecule has 6 heteroatoms. The summed E-state index contributed by atoms with van der Waals surface area (Å²) in [6, 6.07) is 10.6. The lowest BCUT2D eigenvalue weighted by molar-refractivity contribution is -0.402. The number of anilines is 2. The Hall–Kier alpha value is -2.50. The number of furan rings is 1. The van der Waals surface area contributed by atoms with Crippen molar-refractivity contribution in [2.45, 2.75) is 6.17 Å². The Kier molecular flexibility index (Phi) is 2.01. The molecule has 1 aliphatic heterocycles. The van der Waals surface area contributed by atoms with Crippen LogP contribution in [-0.2, 0) is 0 Å². The second-order valence-electron chi connectivity index (χ2n) is 3.70. The molecule has 1 aromatic carbocycles. The molecule has 86 valence electrons. The minimum atomic E-state index is -0.550. The summed E-state index contributed by atoms with van der Waals surface area (Å²) in [6.07, 6.45) is -0.263. The van der Waals surface area contributed by atoms with Crippen molar-refractivity contribution in [2.75, 3.05) is 10.6 Å². The Morgan fingerprint density at radius 3 is 2.29 bits per heavy atom. The highest BCUT2D eigenvalue weighted by Gasteiger charge is 2.25. The SMILES string of the molecule is O=[N+]([O-])c1ccc(C2Nc3ccccc3N2)o1. The van der Waals surface area contributed by atoms with Crippen molar-refractivity contribution in [3.05, 3.63) is 52.3 Å². The number of hydrogen-bond acceptors (Lipinski definition) is 5. The number of nitro groups is 1. The molecule has 0 saturated carbocycles. The maximum atomic E-state index is 10.5. The molecule has 1 aromatic heterocycles. The molecule has 0 atom stereocenters. The Morgan fingerprint density at radius 1 is 1.12 bits per heavy atom. The predicted octanol–water partition coefficient (Wildman–Crippen LogP) is 2.72. The van der Waals surface area contributed by atoms with E-state index >= 15 is 0 Å². The summed E-state index contributed by atoms with van der Waals surface area (Å²) in [5.41, 5.74) is 1.91. The maximum Gasteiger partial charge on any atom is 0.433 e. The van der Waals surface area contributed by atoms with Crippen LogP contribution in [0.2, 0.25) is 0 Å². The molecular formula is C11H9N3O3. The van der Waals surface area contributed by atoms with Gasteiger partial charge in [0.1, 0.15) is 4.92 Å². The molecule has 0 spiro atoms. The van der Waals surface area contributed by atoms with Gasteiger partial charge in [0.25, 0.3) is 0 Å². The number of rotatable bonds is 2. The minimum Gasteiger partial charge on any atom is -0.402 e. The van der Waals surface area contributed by atoms with Crippen LogP contribution in [0.3, 0.4) is 0 Å². The van der Waals surface area contributed by atoms with Gasteiger partial charge >= 0.3 is 5.88 Å². The third-order valence-corrected chi connectivity index (χ3v) is 2.60. The van der Waals surface area contributed by atoms with Crippen LogP contribution in [0.1, 0.15) is 11.9 Å². The lowest BCUT2D eigenvalue weighted by Crippen LogP contribution is -2.10. The lowest BCUT2D eigenvalue weighted by atomic mass is 10.3. The smallest absolute Gasteiger partial charge is 0.402 e. The molecule has 0 aliphatic carbocycles. The van der Waals surface area contributed by atoms with E-state index in [2.05, 4.69) is 10.6 Å². The van der Waals surface area contributed by atoms with E-state index in [1.807, 2.05) is 24.3 Å². The Bertz CT molecular complexity index is 554. The van der Waals surface area contributed by atoms with Crippen molar-refractivity contribution in [1.29, 1.82) is 0 Å². The van der Waals surface area contributed by atoms with Gasteiger partial charge in [0.2, 0.25) is 0 Å². The summed E-state index contributed by atoms with van der Waals surface area (Å²) >= 11 is 0. The predicted molar refractivity (Wildman–Crippen MR) is 61.8 cm³/mol. The van der Waals surface area contributed by atoms with Crippen LogP contribution < -0.4 is 10.6 Å². The Balaban J connectivity index is 1.86. The summed E-state index contributed by atoms with van der Waals surface area (Å²) in [7, 11) is 0. The van der Waals surface area contributed by atoms with Gasteiger partial charge in [0, 0.05) is 0 Å². The molecule has 0 unspecified atom stereocenters. The van der Waals surface area contributed by atoms with Crippen molar-refractivity contribution in [2.24, 2.45) is 0 Å².